The number of hydrogen-bond acceptors (Lipinski definition) is 3. The van der Waals surface area contributed by atoms with E-state index in [9.17, 15) is 4.79 Å². The molecule has 0 radical (unpaired) electrons. The van der Waals surface area contributed by atoms with Gasteiger partial charge in [0.1, 0.15) is 5.60 Å². The smallest absolute Gasteiger partial charge is 0.407 e. The molecular formula is C14H26N2O2. The number of nitrogens with zero attached hydrogens (tertiary/aromatic N) is 1. The first kappa shape index (κ1) is 13.7. The number of rotatable bonds is 1. The van der Waals surface area contributed by atoms with Crippen LogP contribution in [0, 0.1) is 5.41 Å². The number of piperidine rings is 1. The Morgan fingerprint density at radius 3 is 2.33 bits per heavy atom. The fraction of sp³-hybridized carbons (Fsp3) is 0.929. The SMILES string of the molecule is CN1CCC2(CC1)CC(NC(=O)OC(C)(C)C)C2. The van der Waals surface area contributed by atoms with E-state index in [1.54, 1.807) is 0 Å². The topological polar surface area (TPSA) is 41.6 Å². The summed E-state index contributed by atoms with van der Waals surface area (Å²) in [7, 11) is 2.18. The molecule has 1 heterocycles. The normalized spacial score (nSPS) is 24.7. The van der Waals surface area contributed by atoms with E-state index in [0.717, 1.165) is 12.8 Å². The van der Waals surface area contributed by atoms with Crippen LogP contribution in [0.4, 0.5) is 4.79 Å². The van der Waals surface area contributed by atoms with Gasteiger partial charge in [-0.25, -0.2) is 4.79 Å². The molecule has 1 spiro atoms. The number of amides is 1. The molecule has 18 heavy (non-hydrogen) atoms. The maximum absolute atomic E-state index is 11.6. The second-order valence-electron chi connectivity index (χ2n) is 7.05. The minimum absolute atomic E-state index is 0.268. The lowest BCUT2D eigenvalue weighted by Crippen LogP contribution is -2.55. The Labute approximate surface area is 110 Å². The third-order valence-corrected chi connectivity index (χ3v) is 4.13. The van der Waals surface area contributed by atoms with E-state index >= 15 is 0 Å². The monoisotopic (exact) mass is 254 g/mol. The van der Waals surface area contributed by atoms with Crippen LogP contribution in [0.2, 0.25) is 0 Å². The van der Waals surface area contributed by atoms with Crippen LogP contribution in [0.25, 0.3) is 0 Å². The van der Waals surface area contributed by atoms with Crippen molar-refractivity contribution >= 4 is 6.09 Å². The molecule has 1 saturated carbocycles. The number of alkyl carbamates (subject to hydrolysis) is 1. The molecule has 2 rings (SSSR count). The maximum atomic E-state index is 11.6. The summed E-state index contributed by atoms with van der Waals surface area (Å²) in [6.45, 7) is 8.07. The summed E-state index contributed by atoms with van der Waals surface area (Å²) in [4.78, 5) is 14.0. The Bertz CT molecular complexity index is 306. The molecule has 2 aliphatic rings. The molecule has 4 nitrogen and oxygen atoms in total. The van der Waals surface area contributed by atoms with Crippen LogP contribution in [0.3, 0.4) is 0 Å². The molecule has 104 valence electrons. The first-order valence-electron chi connectivity index (χ1n) is 6.96. The Kier molecular flexibility index (Phi) is 3.58. The highest BCUT2D eigenvalue weighted by atomic mass is 16.6. The Hall–Kier alpha value is -0.770. The molecule has 1 saturated heterocycles. The van der Waals surface area contributed by atoms with Crippen LogP contribution in [0.15, 0.2) is 0 Å². The van der Waals surface area contributed by atoms with Crippen LogP contribution in [0.1, 0.15) is 46.5 Å². The van der Waals surface area contributed by atoms with Crippen molar-refractivity contribution in [2.45, 2.75) is 58.1 Å². The zero-order valence-electron chi connectivity index (χ0n) is 12.1. The number of carbonyl (C=O) groups excluding carboxylic acids is 1. The maximum Gasteiger partial charge on any atom is 0.407 e. The molecule has 4 heteroatoms. The quantitative estimate of drug-likeness (QED) is 0.781. The third-order valence-electron chi connectivity index (χ3n) is 4.13. The van der Waals surface area contributed by atoms with Crippen molar-refractivity contribution in [3.8, 4) is 0 Å². The summed E-state index contributed by atoms with van der Waals surface area (Å²) < 4.78 is 5.28. The average Bonchev–Trinajstić information content (AvgIpc) is 2.16. The van der Waals surface area contributed by atoms with Crippen molar-refractivity contribution in [2.24, 2.45) is 5.41 Å². The van der Waals surface area contributed by atoms with E-state index in [4.69, 9.17) is 4.74 Å². The van der Waals surface area contributed by atoms with Gasteiger partial charge >= 0.3 is 6.09 Å². The molecular weight excluding hydrogens is 228 g/mol. The second kappa shape index (κ2) is 4.72. The molecule has 1 aliphatic heterocycles. The van der Waals surface area contributed by atoms with Gasteiger partial charge in [-0.2, -0.15) is 0 Å². The molecule has 2 fully saturated rings. The van der Waals surface area contributed by atoms with Crippen molar-refractivity contribution in [3.63, 3.8) is 0 Å². The molecule has 0 aromatic heterocycles. The van der Waals surface area contributed by atoms with Gasteiger partial charge in [0.15, 0.2) is 0 Å². The van der Waals surface area contributed by atoms with Crippen LogP contribution < -0.4 is 5.32 Å². The van der Waals surface area contributed by atoms with Gasteiger partial charge in [-0.15, -0.1) is 0 Å². The molecule has 0 atom stereocenters. The number of ether oxygens (including phenoxy) is 1. The van der Waals surface area contributed by atoms with Crippen molar-refractivity contribution in [3.05, 3.63) is 0 Å². The highest BCUT2D eigenvalue weighted by molar-refractivity contribution is 5.68. The number of carbonyl (C=O) groups is 1. The van der Waals surface area contributed by atoms with E-state index in [2.05, 4.69) is 17.3 Å². The van der Waals surface area contributed by atoms with Gasteiger partial charge in [-0.05, 0) is 72.0 Å². The molecule has 0 bridgehead atoms. The van der Waals surface area contributed by atoms with Crippen LogP contribution >= 0.6 is 0 Å². The van der Waals surface area contributed by atoms with Gasteiger partial charge < -0.3 is 15.0 Å². The second-order valence-corrected chi connectivity index (χ2v) is 7.05. The molecule has 0 aromatic carbocycles. The Balaban J connectivity index is 1.71. The van der Waals surface area contributed by atoms with Gasteiger partial charge in [-0.3, -0.25) is 0 Å². The van der Waals surface area contributed by atoms with Crippen molar-refractivity contribution in [1.29, 1.82) is 0 Å². The average molecular weight is 254 g/mol. The largest absolute Gasteiger partial charge is 0.444 e. The minimum Gasteiger partial charge on any atom is -0.444 e. The lowest BCUT2D eigenvalue weighted by molar-refractivity contribution is 0.00270. The summed E-state index contributed by atoms with van der Waals surface area (Å²) in [5, 5.41) is 2.98. The predicted octanol–water partition coefficient (Wildman–Crippen LogP) is 2.39. The van der Waals surface area contributed by atoms with Crippen molar-refractivity contribution in [2.75, 3.05) is 20.1 Å². The molecule has 0 unspecified atom stereocenters. The van der Waals surface area contributed by atoms with E-state index in [0.29, 0.717) is 11.5 Å². The zero-order valence-corrected chi connectivity index (χ0v) is 12.1. The minimum atomic E-state index is -0.404. The summed E-state index contributed by atoms with van der Waals surface area (Å²) in [5.41, 5.74) is 0.102. The summed E-state index contributed by atoms with van der Waals surface area (Å²) in [6, 6.07) is 0.322. The van der Waals surface area contributed by atoms with Gasteiger partial charge in [0.25, 0.3) is 0 Å². The van der Waals surface area contributed by atoms with E-state index in [1.165, 1.54) is 25.9 Å². The fourth-order valence-corrected chi connectivity index (χ4v) is 3.06. The Morgan fingerprint density at radius 1 is 1.28 bits per heavy atom. The predicted molar refractivity (Wildman–Crippen MR) is 71.6 cm³/mol. The standard InChI is InChI=1S/C14H26N2O2/c1-13(2,3)18-12(17)15-11-9-14(10-11)5-7-16(4)8-6-14/h11H,5-10H2,1-4H3,(H,15,17). The lowest BCUT2D eigenvalue weighted by atomic mass is 9.60. The van der Waals surface area contributed by atoms with E-state index < -0.39 is 5.60 Å². The number of nitrogens with one attached hydrogen (secondary N) is 1. The van der Waals surface area contributed by atoms with Gasteiger partial charge in [0, 0.05) is 6.04 Å². The van der Waals surface area contributed by atoms with Gasteiger partial charge in [0.05, 0.1) is 0 Å². The van der Waals surface area contributed by atoms with Crippen molar-refractivity contribution in [1.82, 2.24) is 10.2 Å². The van der Waals surface area contributed by atoms with E-state index in [1.807, 2.05) is 20.8 Å². The molecule has 0 aromatic rings. The Morgan fingerprint density at radius 2 is 1.83 bits per heavy atom. The summed E-state index contributed by atoms with van der Waals surface area (Å²) in [5.74, 6) is 0. The van der Waals surface area contributed by atoms with E-state index in [-0.39, 0.29) is 6.09 Å². The van der Waals surface area contributed by atoms with Crippen molar-refractivity contribution < 1.29 is 9.53 Å². The lowest BCUT2D eigenvalue weighted by Gasteiger charge is -2.51. The first-order valence-corrected chi connectivity index (χ1v) is 6.96. The molecule has 1 N–H and O–H groups in total. The van der Waals surface area contributed by atoms with Gasteiger partial charge in [-0.1, -0.05) is 0 Å². The summed E-state index contributed by atoms with van der Waals surface area (Å²) >= 11 is 0. The van der Waals surface area contributed by atoms with Crippen LogP contribution in [0.5, 0.6) is 0 Å². The molecule has 1 amide bonds. The van der Waals surface area contributed by atoms with Gasteiger partial charge in [0.2, 0.25) is 0 Å². The fourth-order valence-electron chi connectivity index (χ4n) is 3.06. The summed E-state index contributed by atoms with van der Waals surface area (Å²) in [6.07, 6.45) is 4.53. The highest BCUT2D eigenvalue weighted by Gasteiger charge is 2.46. The number of hydrogen-bond donors (Lipinski definition) is 1. The molecule has 1 aliphatic carbocycles. The van der Waals surface area contributed by atoms with Crippen LogP contribution in [-0.4, -0.2) is 42.8 Å². The highest BCUT2D eigenvalue weighted by Crippen LogP contribution is 2.48. The number of likely N-dealkylation sites (tertiary alicyclic amines) is 1. The first-order chi connectivity index (χ1) is 8.28. The zero-order chi connectivity index (χ0) is 13.4. The third kappa shape index (κ3) is 3.37. The van der Waals surface area contributed by atoms with Crippen LogP contribution in [-0.2, 0) is 4.74 Å².